The molecule has 0 aliphatic heterocycles. The minimum absolute atomic E-state index is 0. The van der Waals surface area contributed by atoms with Crippen molar-refractivity contribution in [3.63, 3.8) is 0 Å². The molecule has 0 unspecified atom stereocenters. The van der Waals surface area contributed by atoms with Gasteiger partial charge < -0.3 is 24.8 Å². The van der Waals surface area contributed by atoms with Crippen LogP contribution in [0.2, 0.25) is 0 Å². The summed E-state index contributed by atoms with van der Waals surface area (Å²) in [6.07, 6.45) is 12.5. The summed E-state index contributed by atoms with van der Waals surface area (Å²) in [6.45, 7) is 15.4. The minimum atomic E-state index is 0. The van der Waals surface area contributed by atoms with Crippen LogP contribution in [0.3, 0.4) is 0 Å². The molecular weight excluding hydrogens is 572 g/mol. The zero-order valence-corrected chi connectivity index (χ0v) is 28.2. The van der Waals surface area contributed by atoms with Crippen LogP contribution in [0.5, 0.6) is 0 Å². The topological polar surface area (TPSA) is 37.6 Å². The second-order valence-electron chi connectivity index (χ2n) is 10.4. The summed E-state index contributed by atoms with van der Waals surface area (Å²) >= 11 is 0. The average molecular weight is 618 g/mol. The van der Waals surface area contributed by atoms with Gasteiger partial charge in [-0.3, -0.25) is 9.98 Å². The Morgan fingerprint density at radius 2 is 0.800 bits per heavy atom. The normalized spacial score (nSPS) is 10.9. The molecule has 0 saturated heterocycles. The second kappa shape index (κ2) is 19.3. The van der Waals surface area contributed by atoms with Gasteiger partial charge in [0.25, 0.3) is 0 Å². The third-order valence-corrected chi connectivity index (χ3v) is 6.56. The van der Waals surface area contributed by atoms with E-state index in [0.717, 1.165) is 79.7 Å². The van der Waals surface area contributed by atoms with Crippen molar-refractivity contribution >= 4 is 23.8 Å². The van der Waals surface area contributed by atoms with Crippen molar-refractivity contribution in [3.05, 3.63) is 86.7 Å². The van der Waals surface area contributed by atoms with Crippen LogP contribution in [0.25, 0.3) is 0 Å². The molecule has 0 atom stereocenters. The Morgan fingerprint density at radius 3 is 1.07 bits per heavy atom. The molecule has 0 amide bonds. The third kappa shape index (κ3) is 10.8. The van der Waals surface area contributed by atoms with Crippen LogP contribution in [0.15, 0.2) is 46.4 Å². The molecule has 0 fully saturated rings. The minimum Gasteiger partial charge on any atom is -1.00 e. The summed E-state index contributed by atoms with van der Waals surface area (Å²) < 4.78 is 0. The molecule has 1 aromatic heterocycles. The Hall–Kier alpha value is -1.91. The van der Waals surface area contributed by atoms with Crippen LogP contribution in [-0.2, 0) is 44.2 Å². The van der Waals surface area contributed by atoms with Crippen molar-refractivity contribution < 1.29 is 43.4 Å². The Balaban J connectivity index is 0.00000507. The van der Waals surface area contributed by atoms with Crippen LogP contribution in [0, 0.1) is 20.8 Å². The zero-order valence-electron chi connectivity index (χ0n) is 25.3. The molecule has 0 spiro atoms. The number of halogens is 2. The van der Waals surface area contributed by atoms with E-state index in [4.69, 9.17) is 15.0 Å². The molecule has 0 bridgehead atoms. The first-order valence-corrected chi connectivity index (χ1v) is 14.2. The summed E-state index contributed by atoms with van der Waals surface area (Å²) in [5, 5.41) is 0. The van der Waals surface area contributed by atoms with E-state index in [2.05, 4.69) is 84.9 Å². The summed E-state index contributed by atoms with van der Waals surface area (Å²) in [5.74, 6) is 0. The van der Waals surface area contributed by atoms with Gasteiger partial charge in [0.1, 0.15) is 0 Å². The molecule has 6 heteroatoms. The van der Waals surface area contributed by atoms with E-state index >= 15 is 0 Å². The first-order valence-electron chi connectivity index (χ1n) is 14.2. The fourth-order valence-corrected chi connectivity index (χ4v) is 5.16. The number of aromatic nitrogens is 1. The van der Waals surface area contributed by atoms with Gasteiger partial charge in [0.15, 0.2) is 0 Å². The van der Waals surface area contributed by atoms with Gasteiger partial charge in [-0.1, -0.05) is 88.8 Å². The quantitative estimate of drug-likeness (QED) is 0.288. The SMILES string of the molecule is CCCc1cc(C)cc(CCC)c1N=Cc1cc(C)cc(C=Nc2c(CCC)cc(C)cc2CCC)n1.[Cl-].[Cl-].[V+2]. The third-order valence-electron chi connectivity index (χ3n) is 6.56. The van der Waals surface area contributed by atoms with E-state index in [9.17, 15) is 0 Å². The number of hydrogen-bond donors (Lipinski definition) is 0. The van der Waals surface area contributed by atoms with E-state index in [-0.39, 0.29) is 43.4 Å². The van der Waals surface area contributed by atoms with Crippen molar-refractivity contribution in [3.8, 4) is 0 Å². The van der Waals surface area contributed by atoms with Gasteiger partial charge in [0.2, 0.25) is 0 Å². The van der Waals surface area contributed by atoms with Crippen molar-refractivity contribution in [2.45, 2.75) is 99.8 Å². The van der Waals surface area contributed by atoms with Crippen LogP contribution in [0.4, 0.5) is 11.4 Å². The van der Waals surface area contributed by atoms with Gasteiger partial charge in [0.05, 0.1) is 35.2 Å². The number of pyridine rings is 1. The number of rotatable bonds is 12. The molecule has 2 aromatic carbocycles. The van der Waals surface area contributed by atoms with Crippen molar-refractivity contribution in [1.82, 2.24) is 4.98 Å². The van der Waals surface area contributed by atoms with Crippen LogP contribution < -0.4 is 24.8 Å². The van der Waals surface area contributed by atoms with E-state index in [0.29, 0.717) is 0 Å². The van der Waals surface area contributed by atoms with Gasteiger partial charge in [-0.15, -0.1) is 0 Å². The van der Waals surface area contributed by atoms with Gasteiger partial charge in [-0.2, -0.15) is 0 Å². The molecule has 1 radical (unpaired) electrons. The summed E-state index contributed by atoms with van der Waals surface area (Å²) in [4.78, 5) is 14.9. The van der Waals surface area contributed by atoms with E-state index in [1.807, 2.05) is 12.4 Å². The molecular formula is C34H45Cl2N3V. The maximum absolute atomic E-state index is 5.01. The maximum Gasteiger partial charge on any atom is 2.00 e. The number of hydrogen-bond acceptors (Lipinski definition) is 3. The first kappa shape index (κ1) is 38.1. The predicted molar refractivity (Wildman–Crippen MR) is 162 cm³/mol. The molecule has 0 N–H and O–H groups in total. The smallest absolute Gasteiger partial charge is 1.00 e. The number of nitrogens with zero attached hydrogens (tertiary/aromatic N) is 3. The fraction of sp³-hybridized carbons (Fsp3) is 0.441. The van der Waals surface area contributed by atoms with E-state index in [1.54, 1.807) is 0 Å². The maximum atomic E-state index is 5.01. The Bertz CT molecular complexity index is 1120. The summed E-state index contributed by atoms with van der Waals surface area (Å²) in [5.41, 5.74) is 13.1. The second-order valence-corrected chi connectivity index (χ2v) is 10.4. The Morgan fingerprint density at radius 1 is 0.525 bits per heavy atom. The first-order chi connectivity index (χ1) is 17.9. The molecule has 1 heterocycles. The Labute approximate surface area is 267 Å². The average Bonchev–Trinajstić information content (AvgIpc) is 2.83. The molecule has 3 rings (SSSR count). The van der Waals surface area contributed by atoms with Crippen molar-refractivity contribution in [2.24, 2.45) is 9.98 Å². The zero-order chi connectivity index (χ0) is 26.8. The van der Waals surface area contributed by atoms with Crippen LogP contribution in [0.1, 0.15) is 104 Å². The fourth-order valence-electron chi connectivity index (χ4n) is 5.16. The van der Waals surface area contributed by atoms with Crippen LogP contribution in [-0.4, -0.2) is 17.4 Å². The number of aliphatic imine (C=N–C) groups is 2. The number of benzene rings is 2. The summed E-state index contributed by atoms with van der Waals surface area (Å²) in [6, 6.07) is 13.4. The molecule has 3 nitrogen and oxygen atoms in total. The van der Waals surface area contributed by atoms with Crippen molar-refractivity contribution in [1.29, 1.82) is 0 Å². The standard InChI is InChI=1S/C34H45N3.2ClH.V/c1-8-12-27-16-24(5)17-28(13-9-2)33(27)35-22-31-20-26(7)21-32(37-31)23-36-34-29(14-10-3)18-25(6)19-30(34)15-11-4;;;/h16-23H,8-15H2,1-7H3;2*1H;/q;;;+2/p-2. The largest absolute Gasteiger partial charge is 2.00 e. The molecule has 0 aliphatic rings. The molecule has 0 aliphatic carbocycles. The van der Waals surface area contributed by atoms with Gasteiger partial charge >= 0.3 is 18.6 Å². The monoisotopic (exact) mass is 616 g/mol. The van der Waals surface area contributed by atoms with Crippen molar-refractivity contribution in [2.75, 3.05) is 0 Å². The van der Waals surface area contributed by atoms with Gasteiger partial charge in [0, 0.05) is 0 Å². The number of aryl methyl sites for hydroxylation is 7. The molecule has 0 saturated carbocycles. The predicted octanol–water partition coefficient (Wildman–Crippen LogP) is 3.32. The molecule has 3 aromatic rings. The van der Waals surface area contributed by atoms with Gasteiger partial charge in [-0.25, -0.2) is 4.98 Å². The van der Waals surface area contributed by atoms with E-state index in [1.165, 1.54) is 33.4 Å². The Kier molecular flexibility index (Phi) is 18.3. The van der Waals surface area contributed by atoms with Crippen LogP contribution >= 0.6 is 0 Å². The molecule has 40 heavy (non-hydrogen) atoms. The van der Waals surface area contributed by atoms with E-state index < -0.39 is 0 Å². The van der Waals surface area contributed by atoms with Gasteiger partial charge in [-0.05, 0) is 86.4 Å². The summed E-state index contributed by atoms with van der Waals surface area (Å²) in [7, 11) is 0. The molecule has 215 valence electrons.